The highest BCUT2D eigenvalue weighted by Crippen LogP contribution is 2.21. The first kappa shape index (κ1) is 11.8. The van der Waals surface area contributed by atoms with Crippen molar-refractivity contribution in [1.29, 1.82) is 0 Å². The van der Waals surface area contributed by atoms with Gasteiger partial charge >= 0.3 is 0 Å². The maximum absolute atomic E-state index is 5.63. The molecule has 0 spiro atoms. The average Bonchev–Trinajstić information content (AvgIpc) is 2.77. The Morgan fingerprint density at radius 3 is 2.88 bits per heavy atom. The Bertz CT molecular complexity index is 491. The molecule has 17 heavy (non-hydrogen) atoms. The van der Waals surface area contributed by atoms with Crippen LogP contribution in [0.2, 0.25) is 0 Å². The van der Waals surface area contributed by atoms with Gasteiger partial charge in [0.05, 0.1) is 11.4 Å². The highest BCUT2D eigenvalue weighted by atomic mass is 15.3. The Morgan fingerprint density at radius 2 is 2.29 bits per heavy atom. The summed E-state index contributed by atoms with van der Waals surface area (Å²) in [5.74, 6) is 5.63. The topological polar surface area (TPSA) is 68.8 Å². The van der Waals surface area contributed by atoms with Crippen molar-refractivity contribution in [2.45, 2.75) is 19.4 Å². The number of aryl methyl sites for hydroxylation is 2. The van der Waals surface area contributed by atoms with Crippen LogP contribution < -0.4 is 11.3 Å². The molecular weight excluding hydrogens is 214 g/mol. The average molecular weight is 231 g/mol. The second kappa shape index (κ2) is 5.07. The molecule has 0 bridgehead atoms. The maximum Gasteiger partial charge on any atom is 0.107 e. The number of hydrazine groups is 1. The Labute approximate surface area is 101 Å². The Kier molecular flexibility index (Phi) is 3.51. The summed E-state index contributed by atoms with van der Waals surface area (Å²) in [5.41, 5.74) is 5.79. The highest BCUT2D eigenvalue weighted by Gasteiger charge is 2.18. The summed E-state index contributed by atoms with van der Waals surface area (Å²) in [5, 5.41) is 4.37. The minimum absolute atomic E-state index is 0.160. The van der Waals surface area contributed by atoms with E-state index in [2.05, 4.69) is 28.5 Å². The summed E-state index contributed by atoms with van der Waals surface area (Å²) in [7, 11) is 1.89. The van der Waals surface area contributed by atoms with E-state index in [0.29, 0.717) is 0 Å². The number of pyridine rings is 1. The molecule has 0 saturated heterocycles. The third-order valence-corrected chi connectivity index (χ3v) is 2.78. The van der Waals surface area contributed by atoms with Crippen LogP contribution in [0.3, 0.4) is 0 Å². The molecule has 0 radical (unpaired) electrons. The number of rotatable bonds is 4. The standard InChI is InChI=1S/C12H17N5/c1-3-9-5-4-7-14-11(9)12(15-13)10-6-8-17(2)16-10/h4-8,12,15H,3,13H2,1-2H3. The highest BCUT2D eigenvalue weighted by molar-refractivity contribution is 5.28. The second-order valence-electron chi connectivity index (χ2n) is 3.92. The van der Waals surface area contributed by atoms with Gasteiger partial charge in [-0.25, -0.2) is 5.43 Å². The number of aromatic nitrogens is 3. The Balaban J connectivity index is 2.41. The summed E-state index contributed by atoms with van der Waals surface area (Å²) in [6.45, 7) is 2.10. The molecule has 0 aliphatic carbocycles. The van der Waals surface area contributed by atoms with Crippen LogP contribution >= 0.6 is 0 Å². The van der Waals surface area contributed by atoms with Crippen LogP contribution in [-0.4, -0.2) is 14.8 Å². The molecule has 0 aliphatic rings. The molecule has 5 heteroatoms. The van der Waals surface area contributed by atoms with Gasteiger partial charge in [-0.05, 0) is 24.1 Å². The molecule has 3 N–H and O–H groups in total. The van der Waals surface area contributed by atoms with Crippen molar-refractivity contribution < 1.29 is 0 Å². The van der Waals surface area contributed by atoms with Gasteiger partial charge in [0.25, 0.3) is 0 Å². The number of hydrogen-bond donors (Lipinski definition) is 2. The summed E-state index contributed by atoms with van der Waals surface area (Å²) >= 11 is 0. The summed E-state index contributed by atoms with van der Waals surface area (Å²) < 4.78 is 1.76. The van der Waals surface area contributed by atoms with Crippen molar-refractivity contribution >= 4 is 0 Å². The Morgan fingerprint density at radius 1 is 1.47 bits per heavy atom. The first-order valence-electron chi connectivity index (χ1n) is 5.65. The summed E-state index contributed by atoms with van der Waals surface area (Å²) in [6, 6.07) is 5.79. The van der Waals surface area contributed by atoms with Crippen molar-refractivity contribution in [3.63, 3.8) is 0 Å². The molecule has 0 fully saturated rings. The van der Waals surface area contributed by atoms with E-state index in [1.807, 2.05) is 25.4 Å². The number of nitrogens with two attached hydrogens (primary N) is 1. The molecule has 2 rings (SSSR count). The van der Waals surface area contributed by atoms with E-state index in [9.17, 15) is 0 Å². The van der Waals surface area contributed by atoms with Gasteiger partial charge < -0.3 is 0 Å². The van der Waals surface area contributed by atoms with Crippen LogP contribution in [0.25, 0.3) is 0 Å². The normalized spacial score (nSPS) is 12.6. The van der Waals surface area contributed by atoms with Crippen LogP contribution in [-0.2, 0) is 13.5 Å². The Hall–Kier alpha value is -1.72. The van der Waals surface area contributed by atoms with E-state index in [-0.39, 0.29) is 6.04 Å². The molecule has 2 heterocycles. The third-order valence-electron chi connectivity index (χ3n) is 2.78. The molecule has 0 aromatic carbocycles. The quantitative estimate of drug-likeness (QED) is 0.606. The van der Waals surface area contributed by atoms with Crippen molar-refractivity contribution in [1.82, 2.24) is 20.2 Å². The van der Waals surface area contributed by atoms with Gasteiger partial charge in [0.1, 0.15) is 6.04 Å². The van der Waals surface area contributed by atoms with Gasteiger partial charge in [-0.15, -0.1) is 0 Å². The zero-order valence-corrected chi connectivity index (χ0v) is 10.1. The van der Waals surface area contributed by atoms with Gasteiger partial charge in [-0.2, -0.15) is 5.10 Å². The lowest BCUT2D eigenvalue weighted by atomic mass is 10.0. The molecule has 0 aliphatic heterocycles. The van der Waals surface area contributed by atoms with Gasteiger partial charge in [0.15, 0.2) is 0 Å². The monoisotopic (exact) mass is 231 g/mol. The van der Waals surface area contributed by atoms with Crippen LogP contribution in [0, 0.1) is 0 Å². The van der Waals surface area contributed by atoms with Crippen LogP contribution in [0.5, 0.6) is 0 Å². The number of hydrogen-bond acceptors (Lipinski definition) is 4. The van der Waals surface area contributed by atoms with Crippen molar-refractivity contribution in [2.24, 2.45) is 12.9 Å². The lowest BCUT2D eigenvalue weighted by Gasteiger charge is -2.16. The first-order chi connectivity index (χ1) is 8.26. The van der Waals surface area contributed by atoms with E-state index in [4.69, 9.17) is 5.84 Å². The van der Waals surface area contributed by atoms with Gasteiger partial charge in [-0.3, -0.25) is 15.5 Å². The fraction of sp³-hybridized carbons (Fsp3) is 0.333. The van der Waals surface area contributed by atoms with E-state index in [1.54, 1.807) is 10.9 Å². The lowest BCUT2D eigenvalue weighted by Crippen LogP contribution is -2.30. The largest absolute Gasteiger partial charge is 0.275 e. The zero-order chi connectivity index (χ0) is 12.3. The third kappa shape index (κ3) is 2.35. The van der Waals surface area contributed by atoms with E-state index in [1.165, 1.54) is 5.56 Å². The van der Waals surface area contributed by atoms with E-state index >= 15 is 0 Å². The van der Waals surface area contributed by atoms with Crippen molar-refractivity contribution in [3.8, 4) is 0 Å². The molecule has 1 unspecified atom stereocenters. The molecule has 2 aromatic heterocycles. The lowest BCUT2D eigenvalue weighted by molar-refractivity contribution is 0.585. The van der Waals surface area contributed by atoms with Crippen molar-refractivity contribution in [2.75, 3.05) is 0 Å². The molecule has 0 saturated carbocycles. The fourth-order valence-corrected chi connectivity index (χ4v) is 1.90. The van der Waals surface area contributed by atoms with Crippen LogP contribution in [0.15, 0.2) is 30.6 Å². The van der Waals surface area contributed by atoms with E-state index in [0.717, 1.165) is 17.8 Å². The molecule has 5 nitrogen and oxygen atoms in total. The predicted octanol–water partition coefficient (Wildman–Crippen LogP) is 0.930. The first-order valence-corrected chi connectivity index (χ1v) is 5.65. The maximum atomic E-state index is 5.63. The fourth-order valence-electron chi connectivity index (χ4n) is 1.90. The number of nitrogens with zero attached hydrogens (tertiary/aromatic N) is 3. The molecule has 0 amide bonds. The second-order valence-corrected chi connectivity index (χ2v) is 3.92. The minimum Gasteiger partial charge on any atom is -0.275 e. The predicted molar refractivity (Wildman–Crippen MR) is 66.0 cm³/mol. The van der Waals surface area contributed by atoms with Gasteiger partial charge in [-0.1, -0.05) is 13.0 Å². The zero-order valence-electron chi connectivity index (χ0n) is 10.1. The van der Waals surface area contributed by atoms with E-state index < -0.39 is 0 Å². The summed E-state index contributed by atoms with van der Waals surface area (Å²) in [4.78, 5) is 4.41. The van der Waals surface area contributed by atoms with Gasteiger partial charge in [0.2, 0.25) is 0 Å². The SMILES string of the molecule is CCc1cccnc1C(NN)c1ccn(C)n1. The number of nitrogens with one attached hydrogen (secondary N) is 1. The molecule has 2 aromatic rings. The minimum atomic E-state index is -0.160. The van der Waals surface area contributed by atoms with Crippen LogP contribution in [0.4, 0.5) is 0 Å². The van der Waals surface area contributed by atoms with Crippen molar-refractivity contribution in [3.05, 3.63) is 47.5 Å². The summed E-state index contributed by atoms with van der Waals surface area (Å²) in [6.07, 6.45) is 4.60. The molecule has 1 atom stereocenters. The molecule has 90 valence electrons. The molecular formula is C12H17N5. The van der Waals surface area contributed by atoms with Gasteiger partial charge in [0, 0.05) is 19.4 Å². The smallest absolute Gasteiger partial charge is 0.107 e. The van der Waals surface area contributed by atoms with Crippen LogP contribution in [0.1, 0.15) is 29.9 Å².